The van der Waals surface area contributed by atoms with Crippen molar-refractivity contribution in [2.24, 2.45) is 0 Å². The van der Waals surface area contributed by atoms with Gasteiger partial charge in [0.25, 0.3) is 0 Å². The highest BCUT2D eigenvalue weighted by atomic mass is 32.1. The summed E-state index contributed by atoms with van der Waals surface area (Å²) in [5.74, 6) is -1.96. The van der Waals surface area contributed by atoms with Crippen LogP contribution in [0.5, 0.6) is 11.5 Å². The van der Waals surface area contributed by atoms with Gasteiger partial charge in [-0.05, 0) is 17.0 Å². The zero-order valence-electron chi connectivity index (χ0n) is 14.4. The Morgan fingerprint density at radius 1 is 1.28 bits per heavy atom. The third kappa shape index (κ3) is 2.94. The van der Waals surface area contributed by atoms with Gasteiger partial charge < -0.3 is 18.8 Å². The molecule has 0 saturated heterocycles. The summed E-state index contributed by atoms with van der Waals surface area (Å²) in [7, 11) is 1.22. The first-order valence-electron chi connectivity index (χ1n) is 7.89. The van der Waals surface area contributed by atoms with Crippen LogP contribution in [-0.2, 0) is 11.3 Å². The van der Waals surface area contributed by atoms with E-state index >= 15 is 0 Å². The van der Waals surface area contributed by atoms with Crippen molar-refractivity contribution in [2.45, 2.75) is 18.8 Å². The van der Waals surface area contributed by atoms with Crippen molar-refractivity contribution in [3.63, 3.8) is 0 Å². The monoisotopic (exact) mass is 427 g/mol. The first-order valence-corrected chi connectivity index (χ1v) is 8.77. The predicted octanol–water partition coefficient (Wildman–Crippen LogP) is 3.76. The fourth-order valence-electron chi connectivity index (χ4n) is 2.84. The van der Waals surface area contributed by atoms with E-state index in [0.717, 1.165) is 23.5 Å². The van der Waals surface area contributed by atoms with Gasteiger partial charge in [0.05, 0.1) is 24.7 Å². The van der Waals surface area contributed by atoms with E-state index in [1.807, 2.05) is 6.07 Å². The first-order chi connectivity index (χ1) is 13.7. The fourth-order valence-corrected chi connectivity index (χ4v) is 3.67. The molecule has 7 nitrogen and oxygen atoms in total. The van der Waals surface area contributed by atoms with Crippen molar-refractivity contribution < 1.29 is 36.6 Å². The maximum absolute atomic E-state index is 13.5. The van der Waals surface area contributed by atoms with Crippen LogP contribution in [0.3, 0.4) is 0 Å². The second-order valence-corrected chi connectivity index (χ2v) is 6.84. The van der Waals surface area contributed by atoms with E-state index in [1.54, 1.807) is 11.4 Å². The van der Waals surface area contributed by atoms with Crippen LogP contribution in [0, 0.1) is 11.3 Å². The normalized spacial score (nSPS) is 16.4. The lowest BCUT2D eigenvalue weighted by atomic mass is 10.2. The number of nitriles is 1. The standard InChI is InChI=1S/C17H9F4N3O4S/c1-26-15(25)14-8(2-3-29-14)7-24-10-5-12-11(4-9(10)23-13(24)6-22)27-16(18,19)17(20,21)28-12/h2-5H,7H2,1H3. The van der Waals surface area contributed by atoms with Crippen LogP contribution >= 0.6 is 11.3 Å². The van der Waals surface area contributed by atoms with E-state index < -0.39 is 29.7 Å². The van der Waals surface area contributed by atoms with Crippen LogP contribution in [0.2, 0.25) is 0 Å². The minimum absolute atomic E-state index is 0.0144. The second kappa shape index (κ2) is 6.35. The van der Waals surface area contributed by atoms with Crippen molar-refractivity contribution in [1.29, 1.82) is 5.26 Å². The Bertz CT molecular complexity index is 1180. The minimum atomic E-state index is -4.87. The Morgan fingerprint density at radius 2 is 1.93 bits per heavy atom. The molecule has 0 N–H and O–H groups in total. The lowest BCUT2D eigenvalue weighted by Crippen LogP contribution is -2.52. The topological polar surface area (TPSA) is 86.4 Å². The van der Waals surface area contributed by atoms with Crippen LogP contribution in [0.25, 0.3) is 11.0 Å². The van der Waals surface area contributed by atoms with Crippen LogP contribution in [-0.4, -0.2) is 34.8 Å². The number of thiophene rings is 1. The molecule has 1 aliphatic rings. The number of benzene rings is 1. The molecule has 29 heavy (non-hydrogen) atoms. The highest BCUT2D eigenvalue weighted by Gasteiger charge is 2.66. The average Bonchev–Trinajstić information content (AvgIpc) is 3.25. The second-order valence-electron chi connectivity index (χ2n) is 5.93. The van der Waals surface area contributed by atoms with Gasteiger partial charge in [0.15, 0.2) is 11.5 Å². The van der Waals surface area contributed by atoms with E-state index in [2.05, 4.69) is 14.5 Å². The van der Waals surface area contributed by atoms with Gasteiger partial charge in [-0.3, -0.25) is 0 Å². The quantitative estimate of drug-likeness (QED) is 0.467. The Hall–Kier alpha value is -3.33. The third-order valence-electron chi connectivity index (χ3n) is 4.17. The summed E-state index contributed by atoms with van der Waals surface area (Å²) in [5, 5.41) is 11.0. The van der Waals surface area contributed by atoms with Crippen LogP contribution in [0.4, 0.5) is 17.6 Å². The Kier molecular flexibility index (Phi) is 4.16. The number of carbonyl (C=O) groups is 1. The predicted molar refractivity (Wildman–Crippen MR) is 90.4 cm³/mol. The number of imidazole rings is 1. The molecular formula is C17H9F4N3O4S. The van der Waals surface area contributed by atoms with Crippen LogP contribution in [0.1, 0.15) is 21.1 Å². The number of ether oxygens (including phenoxy) is 3. The number of esters is 1. The molecule has 0 unspecified atom stereocenters. The Labute approximate surface area is 163 Å². The summed E-state index contributed by atoms with van der Waals surface area (Å²) in [5.41, 5.74) is 0.719. The fraction of sp³-hybridized carbons (Fsp3) is 0.235. The van der Waals surface area contributed by atoms with Gasteiger partial charge in [-0.2, -0.15) is 22.8 Å². The van der Waals surface area contributed by atoms with Crippen molar-refractivity contribution in [1.82, 2.24) is 9.55 Å². The number of methoxy groups -OCH3 is 1. The summed E-state index contributed by atoms with van der Waals surface area (Å²) in [4.78, 5) is 16.2. The average molecular weight is 427 g/mol. The Morgan fingerprint density at radius 3 is 2.55 bits per heavy atom. The molecule has 0 atom stereocenters. The van der Waals surface area contributed by atoms with E-state index in [0.29, 0.717) is 10.4 Å². The van der Waals surface area contributed by atoms with Crippen LogP contribution in [0.15, 0.2) is 23.6 Å². The number of alkyl halides is 4. The molecule has 12 heteroatoms. The highest BCUT2D eigenvalue weighted by molar-refractivity contribution is 7.12. The third-order valence-corrected chi connectivity index (χ3v) is 5.11. The molecule has 1 aromatic carbocycles. The number of carbonyl (C=O) groups excluding carboxylic acids is 1. The van der Waals surface area contributed by atoms with Crippen molar-refractivity contribution in [2.75, 3.05) is 7.11 Å². The molecule has 3 heterocycles. The lowest BCUT2D eigenvalue weighted by molar-refractivity contribution is -0.391. The van der Waals surface area contributed by atoms with Crippen molar-refractivity contribution in [3.8, 4) is 17.6 Å². The van der Waals surface area contributed by atoms with Gasteiger partial charge in [0, 0.05) is 12.1 Å². The largest absolute Gasteiger partial charge is 0.507 e. The number of rotatable bonds is 3. The van der Waals surface area contributed by atoms with E-state index in [1.165, 1.54) is 11.7 Å². The number of fused-ring (bicyclic) bond motifs is 2. The van der Waals surface area contributed by atoms with E-state index in [-0.39, 0.29) is 23.4 Å². The molecule has 3 aromatic rings. The molecule has 0 saturated carbocycles. The first kappa shape index (κ1) is 19.0. The van der Waals surface area contributed by atoms with Crippen LogP contribution < -0.4 is 9.47 Å². The number of halogens is 4. The summed E-state index contributed by atoms with van der Waals surface area (Å²) >= 11 is 1.13. The summed E-state index contributed by atoms with van der Waals surface area (Å²) in [6, 6.07) is 5.50. The van der Waals surface area contributed by atoms with Gasteiger partial charge in [-0.25, -0.2) is 9.78 Å². The maximum Gasteiger partial charge on any atom is 0.507 e. The molecule has 0 aliphatic carbocycles. The van der Waals surface area contributed by atoms with E-state index in [4.69, 9.17) is 4.74 Å². The number of hydrogen-bond donors (Lipinski definition) is 0. The smallest absolute Gasteiger partial charge is 0.465 e. The Balaban J connectivity index is 1.83. The number of hydrogen-bond acceptors (Lipinski definition) is 7. The molecule has 0 radical (unpaired) electrons. The lowest BCUT2D eigenvalue weighted by Gasteiger charge is -2.31. The SMILES string of the molecule is COC(=O)c1sccc1Cn1c(C#N)nc2cc3c(cc21)OC(F)(F)C(F)(F)O3. The highest BCUT2D eigenvalue weighted by Crippen LogP contribution is 2.48. The summed E-state index contributed by atoms with van der Waals surface area (Å²) in [6.07, 6.45) is -9.73. The molecular weight excluding hydrogens is 418 g/mol. The molecule has 1 aliphatic heterocycles. The maximum atomic E-state index is 13.5. The van der Waals surface area contributed by atoms with Gasteiger partial charge in [-0.15, -0.1) is 11.3 Å². The van der Waals surface area contributed by atoms with E-state index in [9.17, 15) is 27.6 Å². The molecule has 0 bridgehead atoms. The minimum Gasteiger partial charge on any atom is -0.465 e. The molecule has 4 rings (SSSR count). The summed E-state index contributed by atoms with van der Waals surface area (Å²) in [6.45, 7) is -0.0144. The molecule has 2 aromatic heterocycles. The molecule has 150 valence electrons. The number of nitrogens with zero attached hydrogens (tertiary/aromatic N) is 3. The van der Waals surface area contributed by atoms with Gasteiger partial charge >= 0.3 is 18.2 Å². The zero-order valence-corrected chi connectivity index (χ0v) is 15.2. The zero-order chi connectivity index (χ0) is 21.0. The molecule has 0 amide bonds. The van der Waals surface area contributed by atoms with Crippen molar-refractivity contribution in [3.05, 3.63) is 39.8 Å². The van der Waals surface area contributed by atoms with Crippen molar-refractivity contribution >= 4 is 28.3 Å². The number of aromatic nitrogens is 2. The van der Waals surface area contributed by atoms with Gasteiger partial charge in [-0.1, -0.05) is 0 Å². The van der Waals surface area contributed by atoms with Gasteiger partial charge in [0.2, 0.25) is 5.82 Å². The van der Waals surface area contributed by atoms with Gasteiger partial charge in [0.1, 0.15) is 10.9 Å². The molecule has 0 fully saturated rings. The summed E-state index contributed by atoms with van der Waals surface area (Å²) < 4.78 is 68.1. The molecule has 0 spiro atoms.